The zero-order valence-corrected chi connectivity index (χ0v) is 13.3. The number of benzene rings is 2. The summed E-state index contributed by atoms with van der Waals surface area (Å²) in [6, 6.07) is 15.5. The van der Waals surface area contributed by atoms with Gasteiger partial charge in [-0.3, -0.25) is 4.79 Å². The van der Waals surface area contributed by atoms with Crippen LogP contribution in [0, 0.1) is 0 Å². The number of nitrogens with zero attached hydrogens (tertiary/aromatic N) is 1. The van der Waals surface area contributed by atoms with Gasteiger partial charge in [0.15, 0.2) is 0 Å². The zero-order chi connectivity index (χ0) is 15.8. The highest BCUT2D eigenvalue weighted by atomic mass is 35.5. The maximum absolute atomic E-state index is 12.2. The van der Waals surface area contributed by atoms with Crippen LogP contribution in [0.25, 0.3) is 10.9 Å². The predicted molar refractivity (Wildman–Crippen MR) is 92.6 cm³/mol. The van der Waals surface area contributed by atoms with E-state index in [0.29, 0.717) is 18.2 Å². The Balaban J connectivity index is 1.98. The third-order valence-electron chi connectivity index (χ3n) is 4.26. The molecule has 2 aromatic carbocycles. The Hall–Kier alpha value is -2.26. The minimum atomic E-state index is -0.00261. The normalized spacial score (nSPS) is 13.6. The molecule has 23 heavy (non-hydrogen) atoms. The molecule has 0 N–H and O–H groups in total. The molecule has 116 valence electrons. The van der Waals surface area contributed by atoms with Gasteiger partial charge in [0.25, 0.3) is 5.56 Å². The van der Waals surface area contributed by atoms with E-state index in [1.54, 1.807) is 16.7 Å². The summed E-state index contributed by atoms with van der Waals surface area (Å²) < 4.78 is 7.81. The largest absolute Gasteiger partial charge is 0.491 e. The van der Waals surface area contributed by atoms with Crippen LogP contribution < -0.4 is 10.3 Å². The fourth-order valence-corrected chi connectivity index (χ4v) is 3.48. The monoisotopic (exact) mass is 325 g/mol. The lowest BCUT2D eigenvalue weighted by molar-refractivity contribution is 0.313. The molecule has 1 aliphatic heterocycles. The topological polar surface area (TPSA) is 31.2 Å². The van der Waals surface area contributed by atoms with Crippen molar-refractivity contribution in [2.75, 3.05) is 6.61 Å². The lowest BCUT2D eigenvalue weighted by Gasteiger charge is -2.15. The van der Waals surface area contributed by atoms with Gasteiger partial charge >= 0.3 is 0 Å². The van der Waals surface area contributed by atoms with Crippen molar-refractivity contribution < 1.29 is 4.74 Å². The number of ether oxygens (including phenoxy) is 1. The summed E-state index contributed by atoms with van der Waals surface area (Å²) in [6.07, 6.45) is 1.55. The van der Waals surface area contributed by atoms with E-state index >= 15 is 0 Å². The molecule has 0 radical (unpaired) electrons. The van der Waals surface area contributed by atoms with Gasteiger partial charge in [-0.15, -0.1) is 0 Å². The zero-order valence-electron chi connectivity index (χ0n) is 12.6. The van der Waals surface area contributed by atoms with E-state index < -0.39 is 0 Å². The Bertz CT molecular complexity index is 931. The molecule has 0 aliphatic carbocycles. The number of hydrogen-bond donors (Lipinski definition) is 0. The van der Waals surface area contributed by atoms with E-state index in [2.05, 4.69) is 12.1 Å². The molecule has 2 heterocycles. The Labute approximate surface area is 139 Å². The van der Waals surface area contributed by atoms with Gasteiger partial charge in [0.1, 0.15) is 5.75 Å². The van der Waals surface area contributed by atoms with Crippen LogP contribution in [-0.4, -0.2) is 11.2 Å². The van der Waals surface area contributed by atoms with Gasteiger partial charge in [-0.25, -0.2) is 0 Å². The molecule has 0 bridgehead atoms. The van der Waals surface area contributed by atoms with Crippen LogP contribution >= 0.6 is 11.6 Å². The first-order valence-corrected chi connectivity index (χ1v) is 8.13. The standard InChI is InChI=1S/C19H16ClNO2/c20-16-12-14(11-13-5-2-1-3-6-13)19-18-15(16)7-8-17(22)21(18)9-4-10-23-19/h1-3,5-8,12H,4,9-11H2. The first-order valence-electron chi connectivity index (χ1n) is 7.76. The Morgan fingerprint density at radius 1 is 1.13 bits per heavy atom. The van der Waals surface area contributed by atoms with Gasteiger partial charge in [-0.1, -0.05) is 41.9 Å². The molecule has 0 saturated heterocycles. The van der Waals surface area contributed by atoms with Gasteiger partial charge in [-0.2, -0.15) is 0 Å². The summed E-state index contributed by atoms with van der Waals surface area (Å²) >= 11 is 6.49. The maximum Gasteiger partial charge on any atom is 0.251 e. The molecule has 0 saturated carbocycles. The first kappa shape index (κ1) is 14.3. The summed E-state index contributed by atoms with van der Waals surface area (Å²) in [5, 5.41) is 1.54. The van der Waals surface area contributed by atoms with Crippen LogP contribution in [0.1, 0.15) is 17.5 Å². The summed E-state index contributed by atoms with van der Waals surface area (Å²) in [7, 11) is 0. The molecule has 0 amide bonds. The third kappa shape index (κ3) is 2.51. The third-order valence-corrected chi connectivity index (χ3v) is 4.57. The lowest BCUT2D eigenvalue weighted by atomic mass is 10.0. The molecule has 1 aliphatic rings. The second-order valence-corrected chi connectivity index (χ2v) is 6.20. The van der Waals surface area contributed by atoms with Crippen molar-refractivity contribution >= 4 is 22.5 Å². The van der Waals surface area contributed by atoms with Crippen molar-refractivity contribution in [2.24, 2.45) is 0 Å². The second-order valence-electron chi connectivity index (χ2n) is 5.80. The summed E-state index contributed by atoms with van der Waals surface area (Å²) in [5.41, 5.74) is 3.04. The molecule has 0 atom stereocenters. The maximum atomic E-state index is 12.2. The summed E-state index contributed by atoms with van der Waals surface area (Å²) in [6.45, 7) is 1.27. The molecule has 4 heteroatoms. The SMILES string of the molecule is O=c1ccc2c(Cl)cc(Cc3ccccc3)c3c2n1CCCO3. The van der Waals surface area contributed by atoms with E-state index in [1.807, 2.05) is 24.3 Å². The Morgan fingerprint density at radius 2 is 1.96 bits per heavy atom. The average Bonchev–Trinajstić information content (AvgIpc) is 2.79. The molecular weight excluding hydrogens is 310 g/mol. The van der Waals surface area contributed by atoms with Gasteiger partial charge in [0, 0.05) is 30.0 Å². The lowest BCUT2D eigenvalue weighted by Crippen LogP contribution is -2.19. The summed E-state index contributed by atoms with van der Waals surface area (Å²) in [5.74, 6) is 0.795. The fourth-order valence-electron chi connectivity index (χ4n) is 3.19. The molecule has 1 aromatic heterocycles. The van der Waals surface area contributed by atoms with Crippen LogP contribution in [0.4, 0.5) is 0 Å². The quantitative estimate of drug-likeness (QED) is 0.712. The number of rotatable bonds is 2. The first-order chi connectivity index (χ1) is 11.2. The number of aryl methyl sites for hydroxylation is 1. The number of halogens is 1. The van der Waals surface area contributed by atoms with Crippen LogP contribution in [0.2, 0.25) is 5.02 Å². The molecule has 0 spiro atoms. The average molecular weight is 326 g/mol. The molecule has 0 unspecified atom stereocenters. The van der Waals surface area contributed by atoms with E-state index in [4.69, 9.17) is 16.3 Å². The van der Waals surface area contributed by atoms with Crippen molar-refractivity contribution in [1.82, 2.24) is 4.57 Å². The highest BCUT2D eigenvalue weighted by Crippen LogP contribution is 2.37. The minimum absolute atomic E-state index is 0.00261. The number of hydrogen-bond acceptors (Lipinski definition) is 2. The van der Waals surface area contributed by atoms with Gasteiger partial charge < -0.3 is 9.30 Å². The van der Waals surface area contributed by atoms with E-state index in [9.17, 15) is 4.79 Å². The molecular formula is C19H16ClNO2. The Kier molecular flexibility index (Phi) is 3.58. The van der Waals surface area contributed by atoms with Crippen molar-refractivity contribution in [3.8, 4) is 5.75 Å². The van der Waals surface area contributed by atoms with Gasteiger partial charge in [0.2, 0.25) is 0 Å². The fraction of sp³-hybridized carbons (Fsp3) is 0.211. The van der Waals surface area contributed by atoms with Crippen molar-refractivity contribution in [3.63, 3.8) is 0 Å². The van der Waals surface area contributed by atoms with Crippen molar-refractivity contribution in [1.29, 1.82) is 0 Å². The molecule has 4 rings (SSSR count). The smallest absolute Gasteiger partial charge is 0.251 e. The van der Waals surface area contributed by atoms with Crippen molar-refractivity contribution in [3.05, 3.63) is 75.0 Å². The number of aromatic nitrogens is 1. The van der Waals surface area contributed by atoms with Crippen molar-refractivity contribution in [2.45, 2.75) is 19.4 Å². The number of pyridine rings is 1. The van der Waals surface area contributed by atoms with E-state index in [1.165, 1.54) is 5.56 Å². The van der Waals surface area contributed by atoms with Crippen LogP contribution in [0.15, 0.2) is 53.3 Å². The molecule has 3 aromatic rings. The highest BCUT2D eigenvalue weighted by molar-refractivity contribution is 6.35. The molecule has 3 nitrogen and oxygen atoms in total. The van der Waals surface area contributed by atoms with Gasteiger partial charge in [0.05, 0.1) is 17.1 Å². The summed E-state index contributed by atoms with van der Waals surface area (Å²) in [4.78, 5) is 12.2. The second kappa shape index (κ2) is 5.74. The Morgan fingerprint density at radius 3 is 2.78 bits per heavy atom. The predicted octanol–water partition coefficient (Wildman–Crippen LogP) is 4.03. The van der Waals surface area contributed by atoms with Gasteiger partial charge in [-0.05, 0) is 24.1 Å². The van der Waals surface area contributed by atoms with E-state index in [0.717, 1.165) is 35.1 Å². The van der Waals surface area contributed by atoms with Crippen LogP contribution in [0.5, 0.6) is 5.75 Å². The van der Waals surface area contributed by atoms with Crippen LogP contribution in [-0.2, 0) is 13.0 Å². The molecule has 0 fully saturated rings. The van der Waals surface area contributed by atoms with Crippen LogP contribution in [0.3, 0.4) is 0 Å². The minimum Gasteiger partial charge on any atom is -0.491 e. The highest BCUT2D eigenvalue weighted by Gasteiger charge is 2.19. The van der Waals surface area contributed by atoms with E-state index in [-0.39, 0.29) is 5.56 Å².